The molecule has 2 aromatic rings. The summed E-state index contributed by atoms with van der Waals surface area (Å²) in [6.45, 7) is 0. The van der Waals surface area contributed by atoms with Crippen LogP contribution in [0.15, 0.2) is 53.6 Å². The second-order valence-corrected chi connectivity index (χ2v) is 4.70. The van der Waals surface area contributed by atoms with E-state index >= 15 is 0 Å². The Morgan fingerprint density at radius 3 is 2.75 bits per heavy atom. The zero-order valence-electron chi connectivity index (χ0n) is 10.8. The Morgan fingerprint density at radius 2 is 2.10 bits per heavy atom. The Bertz CT molecular complexity index is 623. The van der Waals surface area contributed by atoms with Gasteiger partial charge in [-0.1, -0.05) is 12.1 Å². The molecule has 1 N–H and O–H groups in total. The molecule has 5 heteroatoms. The standard InChI is InChI=1S/C15H13NO3S/c1-20-13-5-3-2-4-12(13)19-14-8-6-11(10-16-14)7-9-15(17)18/h2-10H,1H3,(H,17,18)/b9-7+. The highest BCUT2D eigenvalue weighted by molar-refractivity contribution is 7.98. The van der Waals surface area contributed by atoms with Crippen LogP contribution in [0.3, 0.4) is 0 Å². The van der Waals surface area contributed by atoms with E-state index in [2.05, 4.69) is 4.98 Å². The maximum Gasteiger partial charge on any atom is 0.328 e. The van der Waals surface area contributed by atoms with Gasteiger partial charge in [-0.3, -0.25) is 0 Å². The SMILES string of the molecule is CSc1ccccc1Oc1ccc(/C=C/C(=O)O)cn1. The first-order valence-corrected chi connectivity index (χ1v) is 7.09. The Balaban J connectivity index is 2.13. The number of carboxylic acids is 1. The van der Waals surface area contributed by atoms with Gasteiger partial charge >= 0.3 is 5.97 Å². The quantitative estimate of drug-likeness (QED) is 0.671. The summed E-state index contributed by atoms with van der Waals surface area (Å²) < 4.78 is 5.71. The summed E-state index contributed by atoms with van der Waals surface area (Å²) in [4.78, 5) is 15.6. The highest BCUT2D eigenvalue weighted by atomic mass is 32.2. The molecule has 0 aliphatic carbocycles. The van der Waals surface area contributed by atoms with E-state index in [1.165, 1.54) is 6.08 Å². The minimum Gasteiger partial charge on any atom is -0.478 e. The number of hydrogen-bond acceptors (Lipinski definition) is 4. The number of rotatable bonds is 5. The van der Waals surface area contributed by atoms with Gasteiger partial charge in [0, 0.05) is 23.2 Å². The van der Waals surface area contributed by atoms with Gasteiger partial charge in [0.2, 0.25) is 5.88 Å². The van der Waals surface area contributed by atoms with E-state index in [1.807, 2.05) is 30.5 Å². The van der Waals surface area contributed by atoms with Crippen molar-refractivity contribution in [2.75, 3.05) is 6.26 Å². The van der Waals surface area contributed by atoms with Crippen LogP contribution in [0, 0.1) is 0 Å². The average molecular weight is 287 g/mol. The third-order valence-electron chi connectivity index (χ3n) is 2.46. The van der Waals surface area contributed by atoms with Gasteiger partial charge in [-0.2, -0.15) is 0 Å². The molecule has 1 aromatic heterocycles. The van der Waals surface area contributed by atoms with Crippen molar-refractivity contribution in [3.05, 3.63) is 54.2 Å². The number of carbonyl (C=O) groups is 1. The van der Waals surface area contributed by atoms with Crippen molar-refractivity contribution in [2.45, 2.75) is 4.90 Å². The highest BCUT2D eigenvalue weighted by Crippen LogP contribution is 2.30. The van der Waals surface area contributed by atoms with Gasteiger partial charge in [0.25, 0.3) is 0 Å². The fraction of sp³-hybridized carbons (Fsp3) is 0.0667. The third kappa shape index (κ3) is 3.86. The fourth-order valence-corrected chi connectivity index (χ4v) is 2.06. The number of carboxylic acid groups (broad SMARTS) is 1. The highest BCUT2D eigenvalue weighted by Gasteiger charge is 2.03. The van der Waals surface area contributed by atoms with E-state index in [4.69, 9.17) is 9.84 Å². The van der Waals surface area contributed by atoms with Crippen LogP contribution in [0.25, 0.3) is 6.08 Å². The Labute approximate surface area is 121 Å². The minimum atomic E-state index is -0.987. The molecule has 2 rings (SSSR count). The maximum absolute atomic E-state index is 10.4. The Morgan fingerprint density at radius 1 is 1.30 bits per heavy atom. The van der Waals surface area contributed by atoms with Crippen LogP contribution < -0.4 is 4.74 Å². The smallest absolute Gasteiger partial charge is 0.328 e. The van der Waals surface area contributed by atoms with E-state index in [1.54, 1.807) is 30.1 Å². The predicted octanol–water partition coefficient (Wildman–Crippen LogP) is 3.69. The van der Waals surface area contributed by atoms with Gasteiger partial charge in [0.05, 0.1) is 0 Å². The first-order chi connectivity index (χ1) is 9.69. The van der Waals surface area contributed by atoms with Gasteiger partial charge in [0.1, 0.15) is 5.75 Å². The molecule has 0 saturated carbocycles. The van der Waals surface area contributed by atoms with Crippen LogP contribution in [-0.2, 0) is 4.79 Å². The zero-order chi connectivity index (χ0) is 14.4. The lowest BCUT2D eigenvalue weighted by Crippen LogP contribution is -1.90. The molecular weight excluding hydrogens is 274 g/mol. The van der Waals surface area contributed by atoms with Crippen molar-refractivity contribution in [1.29, 1.82) is 0 Å². The lowest BCUT2D eigenvalue weighted by Gasteiger charge is -2.08. The number of nitrogens with zero attached hydrogens (tertiary/aromatic N) is 1. The molecular formula is C15H13NO3S. The van der Waals surface area contributed by atoms with Crippen LogP contribution in [0.5, 0.6) is 11.6 Å². The van der Waals surface area contributed by atoms with Crippen LogP contribution in [0.2, 0.25) is 0 Å². The van der Waals surface area contributed by atoms with Crippen LogP contribution in [-0.4, -0.2) is 22.3 Å². The molecule has 0 bridgehead atoms. The molecule has 102 valence electrons. The van der Waals surface area contributed by atoms with Gasteiger partial charge in [-0.05, 0) is 36.1 Å². The molecule has 0 spiro atoms. The number of pyridine rings is 1. The van der Waals surface area contributed by atoms with E-state index in [0.717, 1.165) is 16.7 Å². The van der Waals surface area contributed by atoms with Crippen molar-refractivity contribution >= 4 is 23.8 Å². The van der Waals surface area contributed by atoms with Crippen molar-refractivity contribution in [2.24, 2.45) is 0 Å². The summed E-state index contributed by atoms with van der Waals surface area (Å²) >= 11 is 1.60. The van der Waals surface area contributed by atoms with Crippen molar-refractivity contribution in [1.82, 2.24) is 4.98 Å². The topological polar surface area (TPSA) is 59.4 Å². The molecule has 1 aromatic carbocycles. The van der Waals surface area contributed by atoms with E-state index in [0.29, 0.717) is 11.4 Å². The Kier molecular flexibility index (Phi) is 4.79. The predicted molar refractivity (Wildman–Crippen MR) is 79.2 cm³/mol. The zero-order valence-corrected chi connectivity index (χ0v) is 11.6. The molecule has 0 saturated heterocycles. The molecule has 0 aliphatic heterocycles. The lowest BCUT2D eigenvalue weighted by atomic mass is 10.2. The first-order valence-electron chi connectivity index (χ1n) is 5.87. The first kappa shape index (κ1) is 14.1. The molecule has 0 radical (unpaired) electrons. The van der Waals surface area contributed by atoms with Gasteiger partial charge < -0.3 is 9.84 Å². The summed E-state index contributed by atoms with van der Waals surface area (Å²) in [5.41, 5.74) is 0.706. The van der Waals surface area contributed by atoms with Gasteiger partial charge in [-0.15, -0.1) is 11.8 Å². The molecule has 0 aliphatic rings. The summed E-state index contributed by atoms with van der Waals surface area (Å²) in [6.07, 6.45) is 6.10. The summed E-state index contributed by atoms with van der Waals surface area (Å²) in [7, 11) is 0. The van der Waals surface area contributed by atoms with Gasteiger partial charge in [-0.25, -0.2) is 9.78 Å². The van der Waals surface area contributed by atoms with Crippen LogP contribution in [0.4, 0.5) is 0 Å². The molecule has 1 heterocycles. The second-order valence-electron chi connectivity index (χ2n) is 3.85. The number of benzene rings is 1. The van der Waals surface area contributed by atoms with Crippen LogP contribution in [0.1, 0.15) is 5.56 Å². The molecule has 20 heavy (non-hydrogen) atoms. The fourth-order valence-electron chi connectivity index (χ4n) is 1.53. The van der Waals surface area contributed by atoms with E-state index in [9.17, 15) is 4.79 Å². The number of aromatic nitrogens is 1. The normalized spacial score (nSPS) is 10.7. The minimum absolute atomic E-state index is 0.471. The summed E-state index contributed by atoms with van der Waals surface area (Å²) in [5.74, 6) is 0.236. The maximum atomic E-state index is 10.4. The molecule has 0 unspecified atom stereocenters. The molecule has 4 nitrogen and oxygen atoms in total. The number of hydrogen-bond donors (Lipinski definition) is 1. The Hall–Kier alpha value is -2.27. The summed E-state index contributed by atoms with van der Waals surface area (Å²) in [6, 6.07) is 11.2. The number of para-hydroxylation sites is 1. The third-order valence-corrected chi connectivity index (χ3v) is 3.24. The molecule has 0 fully saturated rings. The van der Waals surface area contributed by atoms with Crippen LogP contribution >= 0.6 is 11.8 Å². The molecule has 0 amide bonds. The monoisotopic (exact) mass is 287 g/mol. The number of aliphatic carboxylic acids is 1. The van der Waals surface area contributed by atoms with E-state index in [-0.39, 0.29) is 0 Å². The number of ether oxygens (including phenoxy) is 1. The van der Waals surface area contributed by atoms with E-state index < -0.39 is 5.97 Å². The van der Waals surface area contributed by atoms with Crippen molar-refractivity contribution in [3.8, 4) is 11.6 Å². The lowest BCUT2D eigenvalue weighted by molar-refractivity contribution is -0.131. The summed E-state index contributed by atoms with van der Waals surface area (Å²) in [5, 5.41) is 8.55. The second kappa shape index (κ2) is 6.77. The van der Waals surface area contributed by atoms with Gasteiger partial charge in [0.15, 0.2) is 0 Å². The molecule has 0 atom stereocenters. The average Bonchev–Trinajstić information content (AvgIpc) is 2.47. The van der Waals surface area contributed by atoms with Crippen molar-refractivity contribution in [3.63, 3.8) is 0 Å². The number of thioether (sulfide) groups is 1. The largest absolute Gasteiger partial charge is 0.478 e. The van der Waals surface area contributed by atoms with Crippen molar-refractivity contribution < 1.29 is 14.6 Å².